The number of nitriles is 1. The smallest absolute Gasteiger partial charge is 0.0968 e. The number of aromatic nitrogens is 2. The Hall–Kier alpha value is -1.05. The van der Waals surface area contributed by atoms with Crippen molar-refractivity contribution in [2.75, 3.05) is 7.05 Å². The van der Waals surface area contributed by atoms with E-state index in [0.29, 0.717) is 11.6 Å². The van der Waals surface area contributed by atoms with E-state index in [4.69, 9.17) is 16.9 Å². The summed E-state index contributed by atoms with van der Waals surface area (Å²) in [7, 11) is 1.77. The second-order valence-electron chi connectivity index (χ2n) is 3.08. The first kappa shape index (κ1) is 11.0. The molecule has 0 amide bonds. The second-order valence-corrected chi connectivity index (χ2v) is 3.49. The number of rotatable bonds is 4. The van der Waals surface area contributed by atoms with Crippen molar-refractivity contribution < 1.29 is 0 Å². The molecule has 4 nitrogen and oxygen atoms in total. The van der Waals surface area contributed by atoms with Gasteiger partial charge in [-0.1, -0.05) is 11.6 Å². The van der Waals surface area contributed by atoms with Gasteiger partial charge in [-0.05, 0) is 20.4 Å². The van der Waals surface area contributed by atoms with Crippen LogP contribution in [0.2, 0.25) is 5.02 Å². The molecule has 1 rings (SSSR count). The van der Waals surface area contributed by atoms with Gasteiger partial charge < -0.3 is 5.32 Å². The number of halogens is 1. The summed E-state index contributed by atoms with van der Waals surface area (Å²) >= 11 is 5.85. The molecule has 1 atom stereocenters. The lowest BCUT2D eigenvalue weighted by Gasteiger charge is -2.06. The molecule has 1 aromatic rings. The molecule has 76 valence electrons. The largest absolute Gasteiger partial charge is 0.305 e. The molecule has 0 aromatic carbocycles. The first-order valence-corrected chi connectivity index (χ1v) is 4.81. The van der Waals surface area contributed by atoms with Crippen LogP contribution in [-0.2, 0) is 6.54 Å². The summed E-state index contributed by atoms with van der Waals surface area (Å²) < 4.78 is 1.76. The average molecular weight is 213 g/mol. The van der Waals surface area contributed by atoms with Crippen LogP contribution in [0.1, 0.15) is 12.1 Å². The van der Waals surface area contributed by atoms with Gasteiger partial charge >= 0.3 is 0 Å². The molecule has 0 saturated heterocycles. The fourth-order valence-electron chi connectivity index (χ4n) is 1.14. The van der Waals surface area contributed by atoms with Crippen molar-refractivity contribution in [2.24, 2.45) is 0 Å². The highest BCUT2D eigenvalue weighted by atomic mass is 35.5. The molecule has 1 unspecified atom stereocenters. The lowest BCUT2D eigenvalue weighted by Crippen LogP contribution is -2.24. The quantitative estimate of drug-likeness (QED) is 0.820. The molecule has 14 heavy (non-hydrogen) atoms. The van der Waals surface area contributed by atoms with Gasteiger partial charge in [-0.3, -0.25) is 4.68 Å². The molecular weight excluding hydrogens is 200 g/mol. The van der Waals surface area contributed by atoms with E-state index in [1.807, 2.05) is 6.92 Å². The van der Waals surface area contributed by atoms with Crippen molar-refractivity contribution in [1.29, 1.82) is 5.26 Å². The van der Waals surface area contributed by atoms with Crippen molar-refractivity contribution in [3.8, 4) is 6.07 Å². The number of nitrogens with one attached hydrogen (secondary N) is 1. The highest BCUT2D eigenvalue weighted by molar-refractivity contribution is 6.31. The molecule has 0 aliphatic rings. The zero-order valence-electron chi connectivity index (χ0n) is 8.29. The van der Waals surface area contributed by atoms with E-state index in [1.165, 1.54) is 0 Å². The molecule has 0 spiro atoms. The maximum absolute atomic E-state index is 8.70. The minimum Gasteiger partial charge on any atom is -0.305 e. The summed E-state index contributed by atoms with van der Waals surface area (Å²) in [5.41, 5.74) is 0.824. The normalized spacial score (nSPS) is 12.4. The van der Waals surface area contributed by atoms with Crippen molar-refractivity contribution in [3.63, 3.8) is 0 Å². The van der Waals surface area contributed by atoms with Gasteiger partial charge in [0.05, 0.1) is 22.8 Å². The molecular formula is C9H13ClN4. The molecule has 0 aliphatic heterocycles. The molecule has 0 fully saturated rings. The lowest BCUT2D eigenvalue weighted by molar-refractivity contribution is 0.516. The molecule has 1 aromatic heterocycles. The maximum atomic E-state index is 8.70. The van der Waals surface area contributed by atoms with Crippen LogP contribution in [0.4, 0.5) is 0 Å². The average Bonchev–Trinajstić information content (AvgIpc) is 2.48. The zero-order chi connectivity index (χ0) is 10.6. The number of hydrogen-bond donors (Lipinski definition) is 1. The Morgan fingerprint density at radius 1 is 1.79 bits per heavy atom. The Labute approximate surface area is 88.5 Å². The Bertz CT molecular complexity index is 320. The molecule has 0 bridgehead atoms. The van der Waals surface area contributed by atoms with E-state index in [0.717, 1.165) is 12.1 Å². The first-order chi connectivity index (χ1) is 6.67. The van der Waals surface area contributed by atoms with E-state index in [-0.39, 0.29) is 6.04 Å². The van der Waals surface area contributed by atoms with Gasteiger partial charge in [0.2, 0.25) is 0 Å². The van der Waals surface area contributed by atoms with Crippen LogP contribution in [0.3, 0.4) is 0 Å². The predicted molar refractivity (Wildman–Crippen MR) is 55.1 cm³/mol. The molecule has 1 heterocycles. The van der Waals surface area contributed by atoms with E-state index in [1.54, 1.807) is 17.9 Å². The molecule has 0 radical (unpaired) electrons. The van der Waals surface area contributed by atoms with Crippen LogP contribution in [0.25, 0.3) is 0 Å². The van der Waals surface area contributed by atoms with Gasteiger partial charge in [0.15, 0.2) is 0 Å². The highest BCUT2D eigenvalue weighted by Crippen LogP contribution is 2.12. The fraction of sp³-hybridized carbons (Fsp3) is 0.556. The molecule has 0 saturated carbocycles. The lowest BCUT2D eigenvalue weighted by atomic mass is 10.2. The van der Waals surface area contributed by atoms with E-state index >= 15 is 0 Å². The summed E-state index contributed by atoms with van der Waals surface area (Å²) in [6, 6.07) is 2.03. The van der Waals surface area contributed by atoms with Gasteiger partial charge in [-0.2, -0.15) is 10.4 Å². The van der Waals surface area contributed by atoms with Crippen LogP contribution in [0, 0.1) is 18.3 Å². The van der Waals surface area contributed by atoms with Gasteiger partial charge in [0, 0.05) is 12.7 Å². The highest BCUT2D eigenvalue weighted by Gasteiger charge is 2.06. The number of nitrogens with zero attached hydrogens (tertiary/aromatic N) is 3. The van der Waals surface area contributed by atoms with Crippen molar-refractivity contribution in [2.45, 2.75) is 25.9 Å². The van der Waals surface area contributed by atoms with E-state index in [9.17, 15) is 0 Å². The summed E-state index contributed by atoms with van der Waals surface area (Å²) in [5, 5.41) is 16.5. The van der Waals surface area contributed by atoms with Crippen LogP contribution >= 0.6 is 11.6 Å². The summed E-state index contributed by atoms with van der Waals surface area (Å²) in [6.07, 6.45) is 2.51. The van der Waals surface area contributed by atoms with E-state index < -0.39 is 0 Å². The predicted octanol–water partition coefficient (Wildman–Crippen LogP) is 1.35. The standard InChI is InChI=1S/C9H13ClN4/c1-7-9(10)6-14(13-7)4-3-8(5-11)12-2/h6,8,12H,3-4H2,1-2H3. The minimum atomic E-state index is -0.127. The second kappa shape index (κ2) is 4.99. The topological polar surface area (TPSA) is 53.6 Å². The summed E-state index contributed by atoms with van der Waals surface area (Å²) in [5.74, 6) is 0. The maximum Gasteiger partial charge on any atom is 0.0968 e. The third-order valence-corrected chi connectivity index (χ3v) is 2.41. The molecule has 0 aliphatic carbocycles. The first-order valence-electron chi connectivity index (χ1n) is 4.43. The van der Waals surface area contributed by atoms with Crippen LogP contribution < -0.4 is 5.32 Å². The minimum absolute atomic E-state index is 0.127. The van der Waals surface area contributed by atoms with Crippen LogP contribution in [-0.4, -0.2) is 22.9 Å². The van der Waals surface area contributed by atoms with Crippen molar-refractivity contribution >= 4 is 11.6 Å². The van der Waals surface area contributed by atoms with Crippen LogP contribution in [0.5, 0.6) is 0 Å². The van der Waals surface area contributed by atoms with Crippen molar-refractivity contribution in [1.82, 2.24) is 15.1 Å². The van der Waals surface area contributed by atoms with Crippen molar-refractivity contribution in [3.05, 3.63) is 16.9 Å². The van der Waals surface area contributed by atoms with Gasteiger partial charge in [-0.15, -0.1) is 0 Å². The molecule has 5 heteroatoms. The third-order valence-electron chi connectivity index (χ3n) is 2.04. The summed E-state index contributed by atoms with van der Waals surface area (Å²) in [4.78, 5) is 0. The summed E-state index contributed by atoms with van der Waals surface area (Å²) in [6.45, 7) is 2.56. The fourth-order valence-corrected chi connectivity index (χ4v) is 1.29. The SMILES string of the molecule is CNC(C#N)CCn1cc(Cl)c(C)n1. The Morgan fingerprint density at radius 2 is 2.50 bits per heavy atom. The van der Waals surface area contributed by atoms with Crippen LogP contribution in [0.15, 0.2) is 6.20 Å². The van der Waals surface area contributed by atoms with Gasteiger partial charge in [0.25, 0.3) is 0 Å². The molecule has 1 N–H and O–H groups in total. The van der Waals surface area contributed by atoms with E-state index in [2.05, 4.69) is 16.5 Å². The Kier molecular flexibility index (Phi) is 3.93. The van der Waals surface area contributed by atoms with Gasteiger partial charge in [-0.25, -0.2) is 0 Å². The number of hydrogen-bond acceptors (Lipinski definition) is 3. The van der Waals surface area contributed by atoms with Gasteiger partial charge in [0.1, 0.15) is 0 Å². The monoisotopic (exact) mass is 212 g/mol. The Morgan fingerprint density at radius 3 is 2.93 bits per heavy atom. The third kappa shape index (κ3) is 2.72. The Balaban J connectivity index is 2.50. The zero-order valence-corrected chi connectivity index (χ0v) is 9.04. The number of aryl methyl sites for hydroxylation is 2.